The quantitative estimate of drug-likeness (QED) is 0.145. The molecule has 0 heterocycles. The molecule has 0 bridgehead atoms. The molecule has 0 unspecified atom stereocenters. The minimum absolute atomic E-state index is 0.0296. The zero-order chi connectivity index (χ0) is 19.1. The number of benzene rings is 1. The van der Waals surface area contributed by atoms with Crippen LogP contribution in [0.3, 0.4) is 0 Å². The first kappa shape index (κ1) is 24.6. The molecule has 0 saturated carbocycles. The Labute approximate surface area is 178 Å². The zero-order valence-electron chi connectivity index (χ0n) is 17.9. The van der Waals surface area contributed by atoms with Crippen LogP contribution in [0.5, 0.6) is 0 Å². The van der Waals surface area contributed by atoms with Gasteiger partial charge >= 0.3 is 180 Å². The minimum atomic E-state index is -2.22. The molecule has 0 spiro atoms. The summed E-state index contributed by atoms with van der Waals surface area (Å²) in [5.41, 5.74) is 1.48. The van der Waals surface area contributed by atoms with Crippen LogP contribution in [0.4, 0.5) is 0 Å². The molecule has 0 aliphatic carbocycles. The third-order valence-electron chi connectivity index (χ3n) is 5.40. The fraction of sp³-hybridized carbons (Fsp3) is 0.667. The van der Waals surface area contributed by atoms with Crippen molar-refractivity contribution in [1.82, 2.24) is 0 Å². The maximum absolute atomic E-state index is 2.72. The van der Waals surface area contributed by atoms with Crippen molar-refractivity contribution in [3.05, 3.63) is 37.5 Å². The standard InChI is InChI=1S/C12H15Te.3C4H9.Sn/c1-2-3-10-13-11-9-12-7-5-4-6-8-12;3*1-3-4-2;/h4-9H,2-3,10H2,1H3;3*1,3-4H2,2H3;. The Hall–Kier alpha value is 0.548. The monoisotopic (exact) mass is 580 g/mol. The fourth-order valence-corrected chi connectivity index (χ4v) is 35.1. The average molecular weight is 577 g/mol. The second kappa shape index (κ2) is 15.5. The van der Waals surface area contributed by atoms with Crippen molar-refractivity contribution in [2.45, 2.75) is 96.8 Å². The van der Waals surface area contributed by atoms with Crippen molar-refractivity contribution in [2.24, 2.45) is 0 Å². The summed E-state index contributed by atoms with van der Waals surface area (Å²) in [7, 11) is 0. The predicted octanol–water partition coefficient (Wildman–Crippen LogP) is 8.34. The van der Waals surface area contributed by atoms with Gasteiger partial charge in [0.2, 0.25) is 0 Å². The van der Waals surface area contributed by atoms with E-state index in [4.69, 9.17) is 0 Å². The molecule has 0 fully saturated rings. The van der Waals surface area contributed by atoms with E-state index in [1.165, 1.54) is 61.4 Å². The Balaban J connectivity index is 3.22. The van der Waals surface area contributed by atoms with E-state index in [-0.39, 0.29) is 20.9 Å². The normalized spacial score (nSPS) is 12.5. The van der Waals surface area contributed by atoms with Crippen LogP contribution in [0.15, 0.2) is 32.0 Å². The van der Waals surface area contributed by atoms with E-state index in [9.17, 15) is 0 Å². The van der Waals surface area contributed by atoms with Crippen molar-refractivity contribution in [1.29, 1.82) is 0 Å². The van der Waals surface area contributed by atoms with E-state index >= 15 is 0 Å². The molecule has 1 rings (SSSR count). The first-order valence-electron chi connectivity index (χ1n) is 11.1. The molecule has 0 aliphatic rings. The van der Waals surface area contributed by atoms with Crippen molar-refractivity contribution >= 4 is 45.4 Å². The summed E-state index contributed by atoms with van der Waals surface area (Å²) in [6, 6.07) is 11.3. The topological polar surface area (TPSA) is 0 Å². The maximum atomic E-state index is 2.72. The molecule has 2 heteroatoms. The van der Waals surface area contributed by atoms with Gasteiger partial charge in [-0.15, -0.1) is 0 Å². The SMILES string of the molecule is CCCC[Te]/[C](=C/c1ccccc1)[Sn]([CH2]CCC)([CH2]CCC)[CH2]CCC. The van der Waals surface area contributed by atoms with Gasteiger partial charge in [0.25, 0.3) is 0 Å². The summed E-state index contributed by atoms with van der Waals surface area (Å²) in [5, 5.41) is 0. The summed E-state index contributed by atoms with van der Waals surface area (Å²) in [4.78, 5) is 0. The molecule has 0 saturated heterocycles. The Kier molecular flexibility index (Phi) is 14.6. The molecule has 0 amide bonds. The van der Waals surface area contributed by atoms with Crippen LogP contribution in [0.2, 0.25) is 17.8 Å². The van der Waals surface area contributed by atoms with Crippen LogP contribution in [0.1, 0.15) is 84.6 Å². The zero-order valence-corrected chi connectivity index (χ0v) is 23.0. The number of hydrogen-bond donors (Lipinski definition) is 0. The van der Waals surface area contributed by atoms with Crippen LogP contribution in [0, 0.1) is 0 Å². The Morgan fingerprint density at radius 2 is 1.27 bits per heavy atom. The van der Waals surface area contributed by atoms with E-state index in [1.807, 2.05) is 0 Å². The first-order chi connectivity index (χ1) is 12.7. The van der Waals surface area contributed by atoms with E-state index < -0.39 is 18.4 Å². The molecule has 0 aromatic heterocycles. The number of unbranched alkanes of at least 4 members (excludes halogenated alkanes) is 4. The molecular weight excluding hydrogens is 535 g/mol. The van der Waals surface area contributed by atoms with Gasteiger partial charge in [-0.2, -0.15) is 0 Å². The molecule has 0 aliphatic heterocycles. The van der Waals surface area contributed by atoms with Gasteiger partial charge in [-0.1, -0.05) is 0 Å². The van der Waals surface area contributed by atoms with Crippen LogP contribution >= 0.6 is 0 Å². The molecule has 1 aromatic carbocycles. The summed E-state index contributed by atoms with van der Waals surface area (Å²) >= 11 is -2.19. The van der Waals surface area contributed by atoms with Gasteiger partial charge in [0.15, 0.2) is 0 Å². The van der Waals surface area contributed by atoms with Gasteiger partial charge in [-0.05, 0) is 0 Å². The fourth-order valence-electron chi connectivity index (χ4n) is 3.67. The second-order valence-electron chi connectivity index (χ2n) is 7.71. The Bertz CT molecular complexity index is 458. The predicted molar refractivity (Wildman–Crippen MR) is 125 cm³/mol. The molecule has 0 N–H and O–H groups in total. The Morgan fingerprint density at radius 1 is 0.769 bits per heavy atom. The summed E-state index contributed by atoms with van der Waals surface area (Å²) in [6.45, 7) is 9.54. The van der Waals surface area contributed by atoms with Gasteiger partial charge in [0.05, 0.1) is 0 Å². The van der Waals surface area contributed by atoms with Crippen LogP contribution in [0.25, 0.3) is 6.08 Å². The van der Waals surface area contributed by atoms with Gasteiger partial charge in [-0.3, -0.25) is 0 Å². The van der Waals surface area contributed by atoms with Crippen LogP contribution in [-0.4, -0.2) is 39.3 Å². The third kappa shape index (κ3) is 9.16. The Morgan fingerprint density at radius 3 is 1.73 bits per heavy atom. The molecule has 0 radical (unpaired) electrons. The van der Waals surface area contributed by atoms with Crippen molar-refractivity contribution in [3.8, 4) is 0 Å². The van der Waals surface area contributed by atoms with Gasteiger partial charge in [-0.25, -0.2) is 0 Å². The van der Waals surface area contributed by atoms with Gasteiger partial charge < -0.3 is 0 Å². The van der Waals surface area contributed by atoms with Gasteiger partial charge in [0, 0.05) is 0 Å². The summed E-state index contributed by atoms with van der Waals surface area (Å²) in [6.07, 6.45) is 14.1. The van der Waals surface area contributed by atoms with Crippen molar-refractivity contribution in [3.63, 3.8) is 0 Å². The van der Waals surface area contributed by atoms with Crippen molar-refractivity contribution < 1.29 is 0 Å². The third-order valence-corrected chi connectivity index (χ3v) is 33.7. The van der Waals surface area contributed by atoms with E-state index in [2.05, 4.69) is 65.7 Å². The second-order valence-corrected chi connectivity index (χ2v) is 27.3. The van der Waals surface area contributed by atoms with Crippen LogP contribution < -0.4 is 0 Å². The average Bonchev–Trinajstić information content (AvgIpc) is 2.68. The van der Waals surface area contributed by atoms with Crippen molar-refractivity contribution in [2.75, 3.05) is 0 Å². The number of hydrogen-bond acceptors (Lipinski definition) is 0. The molecule has 0 nitrogen and oxygen atoms in total. The molecular formula is C24H42SnTe. The van der Waals surface area contributed by atoms with Gasteiger partial charge in [0.1, 0.15) is 0 Å². The molecule has 1 aromatic rings. The van der Waals surface area contributed by atoms with E-state index in [0.29, 0.717) is 0 Å². The van der Waals surface area contributed by atoms with E-state index in [0.717, 1.165) is 0 Å². The molecule has 0 atom stereocenters. The van der Waals surface area contributed by atoms with E-state index in [1.54, 1.807) is 13.3 Å². The first-order valence-corrected chi connectivity index (χ1v) is 21.4. The number of rotatable bonds is 15. The molecule has 26 heavy (non-hydrogen) atoms. The summed E-state index contributed by atoms with van der Waals surface area (Å²) < 4.78 is 8.51. The summed E-state index contributed by atoms with van der Waals surface area (Å²) in [5.74, 6) is 0. The van der Waals surface area contributed by atoms with Crippen LogP contribution in [-0.2, 0) is 0 Å². The molecule has 148 valence electrons.